The molecule has 0 atom stereocenters. The molecule has 0 unspecified atom stereocenters. The third kappa shape index (κ3) is 2.81. The van der Waals surface area contributed by atoms with Crippen molar-refractivity contribution in [3.05, 3.63) is 58.4 Å². The number of nitro benzene ring substituents is 1. The molecule has 0 spiro atoms. The van der Waals surface area contributed by atoms with Gasteiger partial charge in [0, 0.05) is 17.5 Å². The summed E-state index contributed by atoms with van der Waals surface area (Å²) in [5.74, 6) is -0.556. The zero-order chi connectivity index (χ0) is 17.3. The fourth-order valence-electron chi connectivity index (χ4n) is 2.41. The Labute approximate surface area is 137 Å². The van der Waals surface area contributed by atoms with Gasteiger partial charge in [0.2, 0.25) is 0 Å². The van der Waals surface area contributed by atoms with Crippen molar-refractivity contribution in [2.75, 3.05) is 5.32 Å². The van der Waals surface area contributed by atoms with Crippen LogP contribution in [-0.4, -0.2) is 25.6 Å². The van der Waals surface area contributed by atoms with Gasteiger partial charge in [-0.1, -0.05) is 12.1 Å². The standard InChI is InChI=1S/C16H15N5O3/c1-10(2)20-15-11(8-18-20)7-12(9-17-15)19-16(22)13-5-3-4-6-14(13)21(23)24/h3-10H,1-2H3,(H,19,22). The van der Waals surface area contributed by atoms with Crippen LogP contribution >= 0.6 is 0 Å². The SMILES string of the molecule is CC(C)n1ncc2cc(NC(=O)c3ccccc3[N+](=O)[O-])cnc21. The summed E-state index contributed by atoms with van der Waals surface area (Å²) in [7, 11) is 0. The molecule has 24 heavy (non-hydrogen) atoms. The number of nitro groups is 1. The first-order valence-electron chi connectivity index (χ1n) is 7.35. The van der Waals surface area contributed by atoms with Crippen LogP contribution in [0.1, 0.15) is 30.2 Å². The summed E-state index contributed by atoms with van der Waals surface area (Å²) in [5.41, 5.74) is 0.930. The molecule has 122 valence electrons. The van der Waals surface area contributed by atoms with Gasteiger partial charge in [-0.3, -0.25) is 14.9 Å². The number of rotatable bonds is 4. The fraction of sp³-hybridized carbons (Fsp3) is 0.188. The summed E-state index contributed by atoms with van der Waals surface area (Å²) < 4.78 is 1.78. The van der Waals surface area contributed by atoms with Crippen molar-refractivity contribution in [2.24, 2.45) is 0 Å². The highest BCUT2D eigenvalue weighted by molar-refractivity contribution is 6.07. The average molecular weight is 325 g/mol. The molecule has 2 aromatic heterocycles. The lowest BCUT2D eigenvalue weighted by molar-refractivity contribution is -0.385. The van der Waals surface area contributed by atoms with E-state index in [0.717, 1.165) is 5.39 Å². The van der Waals surface area contributed by atoms with Gasteiger partial charge in [0.05, 0.1) is 23.0 Å². The number of hydrogen-bond donors (Lipinski definition) is 1. The molecule has 0 saturated heterocycles. The van der Waals surface area contributed by atoms with Gasteiger partial charge in [-0.05, 0) is 26.0 Å². The van der Waals surface area contributed by atoms with Gasteiger partial charge in [-0.25, -0.2) is 9.67 Å². The highest BCUT2D eigenvalue weighted by atomic mass is 16.6. The van der Waals surface area contributed by atoms with E-state index < -0.39 is 10.8 Å². The number of para-hydroxylation sites is 1. The minimum absolute atomic E-state index is 0.000438. The zero-order valence-electron chi connectivity index (χ0n) is 13.1. The van der Waals surface area contributed by atoms with Gasteiger partial charge in [0.15, 0.2) is 5.65 Å². The van der Waals surface area contributed by atoms with Crippen molar-refractivity contribution < 1.29 is 9.72 Å². The normalized spacial score (nSPS) is 11.0. The molecule has 0 aliphatic carbocycles. The van der Waals surface area contributed by atoms with Crippen molar-refractivity contribution >= 4 is 28.3 Å². The van der Waals surface area contributed by atoms with Crippen LogP contribution in [-0.2, 0) is 0 Å². The number of hydrogen-bond acceptors (Lipinski definition) is 5. The number of fused-ring (bicyclic) bond motifs is 1. The van der Waals surface area contributed by atoms with E-state index in [4.69, 9.17) is 0 Å². The van der Waals surface area contributed by atoms with E-state index in [2.05, 4.69) is 15.4 Å². The summed E-state index contributed by atoms with van der Waals surface area (Å²) in [4.78, 5) is 27.1. The number of aromatic nitrogens is 3. The Morgan fingerprint density at radius 3 is 2.75 bits per heavy atom. The maximum Gasteiger partial charge on any atom is 0.282 e. The smallest absolute Gasteiger partial charge is 0.282 e. The monoisotopic (exact) mass is 325 g/mol. The molecule has 8 nitrogen and oxygen atoms in total. The molecule has 1 aromatic carbocycles. The lowest BCUT2D eigenvalue weighted by atomic mass is 10.1. The van der Waals surface area contributed by atoms with Crippen molar-refractivity contribution in [2.45, 2.75) is 19.9 Å². The predicted octanol–water partition coefficient (Wildman–Crippen LogP) is 3.17. The number of carbonyl (C=O) groups excluding carboxylic acids is 1. The summed E-state index contributed by atoms with van der Waals surface area (Å²) in [6, 6.07) is 7.71. The van der Waals surface area contributed by atoms with Gasteiger partial charge < -0.3 is 5.32 Å². The molecule has 0 aliphatic heterocycles. The Kier molecular flexibility index (Phi) is 3.95. The Morgan fingerprint density at radius 1 is 1.29 bits per heavy atom. The predicted molar refractivity (Wildman–Crippen MR) is 89.0 cm³/mol. The van der Waals surface area contributed by atoms with E-state index >= 15 is 0 Å². The molecule has 0 saturated carbocycles. The van der Waals surface area contributed by atoms with E-state index in [1.807, 2.05) is 13.8 Å². The minimum atomic E-state index is -0.580. The van der Waals surface area contributed by atoms with Crippen molar-refractivity contribution in [1.29, 1.82) is 0 Å². The van der Waals surface area contributed by atoms with E-state index in [9.17, 15) is 14.9 Å². The first-order chi connectivity index (χ1) is 11.5. The van der Waals surface area contributed by atoms with Gasteiger partial charge >= 0.3 is 0 Å². The van der Waals surface area contributed by atoms with Crippen LogP contribution in [0.25, 0.3) is 11.0 Å². The Morgan fingerprint density at radius 2 is 2.04 bits per heavy atom. The molecular formula is C16H15N5O3. The molecule has 3 rings (SSSR count). The van der Waals surface area contributed by atoms with E-state index in [1.165, 1.54) is 24.4 Å². The average Bonchev–Trinajstić information content (AvgIpc) is 2.98. The summed E-state index contributed by atoms with van der Waals surface area (Å²) in [6.07, 6.45) is 3.18. The number of pyridine rings is 1. The second kappa shape index (κ2) is 6.07. The van der Waals surface area contributed by atoms with Crippen LogP contribution in [0.15, 0.2) is 42.7 Å². The van der Waals surface area contributed by atoms with Gasteiger partial charge in [0.25, 0.3) is 11.6 Å². The quantitative estimate of drug-likeness (QED) is 0.586. The number of nitrogens with one attached hydrogen (secondary N) is 1. The largest absolute Gasteiger partial charge is 0.320 e. The topological polar surface area (TPSA) is 103 Å². The number of anilines is 1. The molecule has 3 aromatic rings. The molecule has 0 fully saturated rings. The molecule has 0 aliphatic rings. The van der Waals surface area contributed by atoms with Gasteiger partial charge in [-0.15, -0.1) is 0 Å². The maximum absolute atomic E-state index is 12.3. The van der Waals surface area contributed by atoms with Crippen molar-refractivity contribution in [1.82, 2.24) is 14.8 Å². The molecule has 1 amide bonds. The second-order valence-corrected chi connectivity index (χ2v) is 5.55. The molecule has 0 bridgehead atoms. The Hall–Kier alpha value is -3.29. The summed E-state index contributed by atoms with van der Waals surface area (Å²) in [6.45, 7) is 4.00. The van der Waals surface area contributed by atoms with Crippen LogP contribution in [0.4, 0.5) is 11.4 Å². The van der Waals surface area contributed by atoms with Crippen LogP contribution in [0.2, 0.25) is 0 Å². The Bertz CT molecular complexity index is 932. The summed E-state index contributed by atoms with van der Waals surface area (Å²) >= 11 is 0. The molecule has 1 N–H and O–H groups in total. The number of amides is 1. The van der Waals surface area contributed by atoms with E-state index in [0.29, 0.717) is 11.3 Å². The van der Waals surface area contributed by atoms with Crippen molar-refractivity contribution in [3.63, 3.8) is 0 Å². The third-order valence-corrected chi connectivity index (χ3v) is 3.53. The van der Waals surface area contributed by atoms with Crippen LogP contribution in [0.5, 0.6) is 0 Å². The van der Waals surface area contributed by atoms with Crippen LogP contribution in [0.3, 0.4) is 0 Å². The fourth-order valence-corrected chi connectivity index (χ4v) is 2.41. The first kappa shape index (κ1) is 15.6. The number of benzene rings is 1. The minimum Gasteiger partial charge on any atom is -0.320 e. The second-order valence-electron chi connectivity index (χ2n) is 5.55. The number of carbonyl (C=O) groups is 1. The zero-order valence-corrected chi connectivity index (χ0v) is 13.1. The number of nitrogens with zero attached hydrogens (tertiary/aromatic N) is 4. The van der Waals surface area contributed by atoms with Gasteiger partial charge in [0.1, 0.15) is 5.56 Å². The van der Waals surface area contributed by atoms with Gasteiger partial charge in [-0.2, -0.15) is 5.10 Å². The lowest BCUT2D eigenvalue weighted by Crippen LogP contribution is -2.14. The van der Waals surface area contributed by atoms with Crippen LogP contribution in [0, 0.1) is 10.1 Å². The molecule has 2 heterocycles. The molecular weight excluding hydrogens is 310 g/mol. The summed E-state index contributed by atoms with van der Waals surface area (Å²) in [5, 5.41) is 18.7. The Balaban J connectivity index is 1.90. The molecule has 8 heteroatoms. The van der Waals surface area contributed by atoms with E-state index in [-0.39, 0.29) is 17.3 Å². The van der Waals surface area contributed by atoms with E-state index in [1.54, 1.807) is 23.0 Å². The maximum atomic E-state index is 12.3. The molecule has 0 radical (unpaired) electrons. The first-order valence-corrected chi connectivity index (χ1v) is 7.35. The highest BCUT2D eigenvalue weighted by Gasteiger charge is 2.19. The lowest BCUT2D eigenvalue weighted by Gasteiger charge is -2.08. The third-order valence-electron chi connectivity index (χ3n) is 3.53. The van der Waals surface area contributed by atoms with Crippen LogP contribution < -0.4 is 5.32 Å². The van der Waals surface area contributed by atoms with Crippen molar-refractivity contribution in [3.8, 4) is 0 Å². The highest BCUT2D eigenvalue weighted by Crippen LogP contribution is 2.22.